The van der Waals surface area contributed by atoms with Crippen molar-refractivity contribution in [3.63, 3.8) is 0 Å². The molecule has 5 nitrogen and oxygen atoms in total. The molecule has 0 spiro atoms. The average Bonchev–Trinajstić information content (AvgIpc) is 2.74. The zero-order chi connectivity index (χ0) is 19.4. The maximum Gasteiger partial charge on any atom is 0.166 e. The van der Waals surface area contributed by atoms with Gasteiger partial charge in [0.2, 0.25) is 0 Å². The molecule has 1 saturated heterocycles. The molecule has 28 heavy (non-hydrogen) atoms. The molecular weight excluding hydrogens is 352 g/mol. The van der Waals surface area contributed by atoms with Crippen LogP contribution in [0.3, 0.4) is 0 Å². The van der Waals surface area contributed by atoms with E-state index in [9.17, 15) is 0 Å². The highest BCUT2D eigenvalue weighted by Gasteiger charge is 2.12. The van der Waals surface area contributed by atoms with Crippen LogP contribution >= 0.6 is 0 Å². The van der Waals surface area contributed by atoms with Gasteiger partial charge in [-0.05, 0) is 38.1 Å². The third-order valence-corrected chi connectivity index (χ3v) is 4.83. The summed E-state index contributed by atoms with van der Waals surface area (Å²) in [5.41, 5.74) is 2.28. The molecule has 152 valence electrons. The third-order valence-electron chi connectivity index (χ3n) is 4.83. The molecule has 3 rings (SSSR count). The van der Waals surface area contributed by atoms with E-state index in [1.54, 1.807) is 0 Å². The minimum atomic E-state index is 0.537. The van der Waals surface area contributed by atoms with Gasteiger partial charge in [-0.2, -0.15) is 0 Å². The van der Waals surface area contributed by atoms with Crippen LogP contribution in [0.2, 0.25) is 0 Å². The van der Waals surface area contributed by atoms with E-state index in [0.717, 1.165) is 75.0 Å². The van der Waals surface area contributed by atoms with Gasteiger partial charge in [0.25, 0.3) is 0 Å². The molecule has 1 heterocycles. The lowest BCUT2D eigenvalue weighted by molar-refractivity contribution is 0.0374. The maximum absolute atomic E-state index is 6.17. The number of morpholine rings is 1. The molecule has 0 amide bonds. The summed E-state index contributed by atoms with van der Waals surface area (Å²) in [6.45, 7) is 9.85. The third kappa shape index (κ3) is 6.51. The first-order chi connectivity index (χ1) is 13.9. The Hall–Kier alpha value is -2.08. The van der Waals surface area contributed by atoms with E-state index in [0.29, 0.717) is 13.2 Å². The summed E-state index contributed by atoms with van der Waals surface area (Å²) in [7, 11) is 0. The summed E-state index contributed by atoms with van der Waals surface area (Å²) in [5, 5.41) is 3.56. The SMILES string of the molecule is CCOc1cccc(CNCCCN2CCOCC2)c1OCc1ccccc1. The summed E-state index contributed by atoms with van der Waals surface area (Å²) in [4.78, 5) is 2.47. The highest BCUT2D eigenvalue weighted by molar-refractivity contribution is 5.46. The largest absolute Gasteiger partial charge is 0.490 e. The van der Waals surface area contributed by atoms with Crippen molar-refractivity contribution in [1.29, 1.82) is 0 Å². The first kappa shape index (κ1) is 20.6. The first-order valence-electron chi connectivity index (χ1n) is 10.3. The number of ether oxygens (including phenoxy) is 3. The second kappa shape index (κ2) is 11.7. The number of nitrogens with one attached hydrogen (secondary N) is 1. The molecule has 1 aliphatic heterocycles. The summed E-state index contributed by atoms with van der Waals surface area (Å²) in [6, 6.07) is 16.4. The molecule has 1 N–H and O–H groups in total. The van der Waals surface area contributed by atoms with Crippen LogP contribution in [-0.2, 0) is 17.9 Å². The predicted molar refractivity (Wildman–Crippen MR) is 112 cm³/mol. The van der Waals surface area contributed by atoms with Gasteiger partial charge in [0.1, 0.15) is 6.61 Å². The van der Waals surface area contributed by atoms with E-state index in [1.807, 2.05) is 37.3 Å². The molecule has 0 radical (unpaired) electrons. The smallest absolute Gasteiger partial charge is 0.166 e. The van der Waals surface area contributed by atoms with Crippen molar-refractivity contribution in [2.24, 2.45) is 0 Å². The van der Waals surface area contributed by atoms with Gasteiger partial charge in [-0.15, -0.1) is 0 Å². The number of hydrogen-bond acceptors (Lipinski definition) is 5. The van der Waals surface area contributed by atoms with Crippen LogP contribution in [0.25, 0.3) is 0 Å². The normalized spacial score (nSPS) is 14.8. The Kier molecular flexibility index (Phi) is 8.62. The van der Waals surface area contributed by atoms with Crippen LogP contribution in [0.1, 0.15) is 24.5 Å². The van der Waals surface area contributed by atoms with E-state index < -0.39 is 0 Å². The van der Waals surface area contributed by atoms with Gasteiger partial charge < -0.3 is 19.5 Å². The number of hydrogen-bond donors (Lipinski definition) is 1. The van der Waals surface area contributed by atoms with Gasteiger partial charge in [0, 0.05) is 25.2 Å². The van der Waals surface area contributed by atoms with Crippen LogP contribution in [-0.4, -0.2) is 50.9 Å². The molecule has 0 atom stereocenters. The van der Waals surface area contributed by atoms with Crippen LogP contribution in [0.15, 0.2) is 48.5 Å². The van der Waals surface area contributed by atoms with Gasteiger partial charge in [0.05, 0.1) is 19.8 Å². The van der Waals surface area contributed by atoms with Gasteiger partial charge in [-0.25, -0.2) is 0 Å². The van der Waals surface area contributed by atoms with Crippen molar-refractivity contribution in [2.75, 3.05) is 46.0 Å². The van der Waals surface area contributed by atoms with E-state index >= 15 is 0 Å². The predicted octanol–water partition coefficient (Wildman–Crippen LogP) is 3.48. The van der Waals surface area contributed by atoms with Crippen LogP contribution in [0.4, 0.5) is 0 Å². The van der Waals surface area contributed by atoms with Crippen LogP contribution in [0, 0.1) is 0 Å². The number of nitrogens with zero attached hydrogens (tertiary/aromatic N) is 1. The number of para-hydroxylation sites is 1. The maximum atomic E-state index is 6.17. The van der Waals surface area contributed by atoms with Crippen molar-refractivity contribution in [1.82, 2.24) is 10.2 Å². The quantitative estimate of drug-likeness (QED) is 0.601. The van der Waals surface area contributed by atoms with Crippen LogP contribution in [0.5, 0.6) is 11.5 Å². The fourth-order valence-corrected chi connectivity index (χ4v) is 3.34. The lowest BCUT2D eigenvalue weighted by Crippen LogP contribution is -2.37. The molecule has 0 unspecified atom stereocenters. The fraction of sp³-hybridized carbons (Fsp3) is 0.478. The molecule has 0 aliphatic carbocycles. The summed E-state index contributed by atoms with van der Waals surface area (Å²) >= 11 is 0. The molecular formula is C23H32N2O3. The first-order valence-corrected chi connectivity index (χ1v) is 10.3. The Bertz CT molecular complexity index is 688. The Balaban J connectivity index is 1.52. The van der Waals surface area contributed by atoms with Crippen molar-refractivity contribution in [3.05, 3.63) is 59.7 Å². The minimum absolute atomic E-state index is 0.537. The Labute approximate surface area is 168 Å². The van der Waals surface area contributed by atoms with E-state index in [4.69, 9.17) is 14.2 Å². The Morgan fingerprint density at radius 1 is 1.00 bits per heavy atom. The van der Waals surface area contributed by atoms with E-state index in [1.165, 1.54) is 0 Å². The summed E-state index contributed by atoms with van der Waals surface area (Å²) in [6.07, 6.45) is 1.13. The number of rotatable bonds is 11. The molecule has 1 fully saturated rings. The van der Waals surface area contributed by atoms with Gasteiger partial charge >= 0.3 is 0 Å². The molecule has 1 aliphatic rings. The zero-order valence-electron chi connectivity index (χ0n) is 16.9. The summed E-state index contributed by atoms with van der Waals surface area (Å²) < 4.78 is 17.4. The zero-order valence-corrected chi connectivity index (χ0v) is 16.9. The van der Waals surface area contributed by atoms with Gasteiger partial charge in [0.15, 0.2) is 11.5 Å². The average molecular weight is 385 g/mol. The van der Waals surface area contributed by atoms with Crippen molar-refractivity contribution >= 4 is 0 Å². The lowest BCUT2D eigenvalue weighted by atomic mass is 10.1. The standard InChI is InChI=1S/C23H32N2O3/c1-2-27-22-11-6-10-21(23(22)28-19-20-8-4-3-5-9-20)18-24-12-7-13-25-14-16-26-17-15-25/h3-6,8-11,24H,2,7,12-19H2,1H3. The Morgan fingerprint density at radius 3 is 2.61 bits per heavy atom. The molecule has 2 aromatic rings. The second-order valence-corrected chi connectivity index (χ2v) is 6.94. The topological polar surface area (TPSA) is 43.0 Å². The monoisotopic (exact) mass is 384 g/mol. The lowest BCUT2D eigenvalue weighted by Gasteiger charge is -2.26. The molecule has 2 aromatic carbocycles. The van der Waals surface area contributed by atoms with Crippen molar-refractivity contribution < 1.29 is 14.2 Å². The van der Waals surface area contributed by atoms with Crippen molar-refractivity contribution in [2.45, 2.75) is 26.5 Å². The molecule has 0 saturated carbocycles. The number of benzene rings is 2. The summed E-state index contributed by atoms with van der Waals surface area (Å²) in [5.74, 6) is 1.65. The minimum Gasteiger partial charge on any atom is -0.490 e. The highest BCUT2D eigenvalue weighted by atomic mass is 16.5. The molecule has 0 bridgehead atoms. The highest BCUT2D eigenvalue weighted by Crippen LogP contribution is 2.32. The van der Waals surface area contributed by atoms with Gasteiger partial charge in [-0.1, -0.05) is 42.5 Å². The fourth-order valence-electron chi connectivity index (χ4n) is 3.34. The van der Waals surface area contributed by atoms with Crippen LogP contribution < -0.4 is 14.8 Å². The Morgan fingerprint density at radius 2 is 1.82 bits per heavy atom. The van der Waals surface area contributed by atoms with Crippen molar-refractivity contribution in [3.8, 4) is 11.5 Å². The molecule has 0 aromatic heterocycles. The van der Waals surface area contributed by atoms with E-state index in [2.05, 4.69) is 28.4 Å². The second-order valence-electron chi connectivity index (χ2n) is 6.94. The molecule has 5 heteroatoms. The van der Waals surface area contributed by atoms with Gasteiger partial charge in [-0.3, -0.25) is 4.90 Å². The van der Waals surface area contributed by atoms with E-state index in [-0.39, 0.29) is 0 Å².